The largest absolute Gasteiger partial charge is 0.492 e. The summed E-state index contributed by atoms with van der Waals surface area (Å²) in [7, 11) is 0. The third-order valence-electron chi connectivity index (χ3n) is 3.97. The predicted octanol–water partition coefficient (Wildman–Crippen LogP) is 2.95. The summed E-state index contributed by atoms with van der Waals surface area (Å²) in [5.74, 6) is -1.29. The van der Waals surface area contributed by atoms with Gasteiger partial charge < -0.3 is 15.4 Å². The molecule has 1 heterocycles. The summed E-state index contributed by atoms with van der Waals surface area (Å²) in [6.07, 6.45) is -2.64. The molecule has 0 aromatic heterocycles. The highest BCUT2D eigenvalue weighted by Crippen LogP contribution is 2.34. The maximum atomic E-state index is 12.6. The summed E-state index contributed by atoms with van der Waals surface area (Å²) in [4.78, 5) is 12.3. The van der Waals surface area contributed by atoms with Crippen molar-refractivity contribution in [2.45, 2.75) is 31.9 Å². The first-order valence-electron chi connectivity index (χ1n) is 7.83. The van der Waals surface area contributed by atoms with Gasteiger partial charge in [0.05, 0.1) is 11.6 Å². The molecule has 24 heavy (non-hydrogen) atoms. The van der Waals surface area contributed by atoms with Gasteiger partial charge in [-0.15, -0.1) is 0 Å². The zero-order chi connectivity index (χ0) is 17.7. The van der Waals surface area contributed by atoms with Gasteiger partial charge in [-0.05, 0) is 43.9 Å². The molecule has 0 aliphatic carbocycles. The van der Waals surface area contributed by atoms with E-state index in [2.05, 4.69) is 0 Å². The third-order valence-corrected chi connectivity index (χ3v) is 4.26. The molecule has 0 fully saturated rings. The molecule has 0 bridgehead atoms. The Morgan fingerprint density at radius 3 is 2.62 bits per heavy atom. The molecular formula is C16H20ClF3N2O2. The Morgan fingerprint density at radius 1 is 1.25 bits per heavy atom. The van der Waals surface area contributed by atoms with Crippen LogP contribution in [0.15, 0.2) is 12.1 Å². The van der Waals surface area contributed by atoms with E-state index in [4.69, 9.17) is 22.1 Å². The monoisotopic (exact) mass is 364 g/mol. The van der Waals surface area contributed by atoms with Gasteiger partial charge >= 0.3 is 12.1 Å². The fraction of sp³-hybridized carbons (Fsp3) is 0.562. The quantitative estimate of drug-likeness (QED) is 0.817. The van der Waals surface area contributed by atoms with Crippen LogP contribution in [0.4, 0.5) is 13.2 Å². The summed E-state index contributed by atoms with van der Waals surface area (Å²) in [5, 5.41) is 0.428. The number of carbonyl (C=O) groups excluding carboxylic acids is 1. The number of unbranched alkanes of at least 4 members (excludes halogenated alkanes) is 1. The van der Waals surface area contributed by atoms with E-state index in [1.54, 1.807) is 12.1 Å². The highest BCUT2D eigenvalue weighted by molar-refractivity contribution is 6.32. The number of carbonyl (C=O) groups is 1. The number of ether oxygens (including phenoxy) is 1. The van der Waals surface area contributed by atoms with Crippen LogP contribution in [0.5, 0.6) is 5.75 Å². The number of alkyl halides is 3. The van der Waals surface area contributed by atoms with Gasteiger partial charge in [0.25, 0.3) is 0 Å². The third kappa shape index (κ3) is 4.54. The first-order valence-corrected chi connectivity index (χ1v) is 8.21. The maximum Gasteiger partial charge on any atom is 0.471 e. The maximum absolute atomic E-state index is 12.6. The van der Waals surface area contributed by atoms with Gasteiger partial charge in [0.2, 0.25) is 0 Å². The number of hydrogen-bond donors (Lipinski definition) is 1. The van der Waals surface area contributed by atoms with Crippen LogP contribution in [0.2, 0.25) is 5.02 Å². The van der Waals surface area contributed by atoms with E-state index < -0.39 is 12.1 Å². The van der Waals surface area contributed by atoms with E-state index in [9.17, 15) is 18.0 Å². The molecule has 0 atom stereocenters. The number of amides is 1. The molecule has 2 rings (SSSR count). The molecule has 1 aliphatic rings. The van der Waals surface area contributed by atoms with E-state index >= 15 is 0 Å². The lowest BCUT2D eigenvalue weighted by Gasteiger charge is -2.21. The Kier molecular flexibility index (Phi) is 6.34. The summed E-state index contributed by atoms with van der Waals surface area (Å²) < 4.78 is 43.6. The van der Waals surface area contributed by atoms with Crippen molar-refractivity contribution in [3.8, 4) is 5.75 Å². The van der Waals surface area contributed by atoms with Crippen molar-refractivity contribution in [3.63, 3.8) is 0 Å². The molecule has 1 aliphatic heterocycles. The Morgan fingerprint density at radius 2 is 1.96 bits per heavy atom. The average Bonchev–Trinajstić information content (AvgIpc) is 2.74. The summed E-state index contributed by atoms with van der Waals surface area (Å²) in [5.41, 5.74) is 7.09. The molecule has 0 radical (unpaired) electrons. The fourth-order valence-corrected chi connectivity index (χ4v) is 2.95. The van der Waals surface area contributed by atoms with Crippen molar-refractivity contribution >= 4 is 17.5 Å². The van der Waals surface area contributed by atoms with Crippen molar-refractivity contribution in [3.05, 3.63) is 28.3 Å². The number of nitrogens with two attached hydrogens (primary N) is 1. The minimum absolute atomic E-state index is 0.00908. The minimum Gasteiger partial charge on any atom is -0.492 e. The number of hydrogen-bond acceptors (Lipinski definition) is 3. The van der Waals surface area contributed by atoms with Crippen molar-refractivity contribution in [2.24, 2.45) is 5.73 Å². The van der Waals surface area contributed by atoms with E-state index in [-0.39, 0.29) is 19.5 Å². The SMILES string of the molecule is NCCCCOc1c(Cl)ccc2c1CCN(C(=O)C(F)(F)F)CC2. The fourth-order valence-electron chi connectivity index (χ4n) is 2.72. The van der Waals surface area contributed by atoms with Gasteiger partial charge in [0, 0.05) is 18.7 Å². The molecule has 4 nitrogen and oxygen atoms in total. The molecule has 2 N–H and O–H groups in total. The zero-order valence-corrected chi connectivity index (χ0v) is 13.9. The Labute approximate surface area is 143 Å². The van der Waals surface area contributed by atoms with Gasteiger partial charge in [-0.3, -0.25) is 4.79 Å². The number of rotatable bonds is 5. The average molecular weight is 365 g/mol. The van der Waals surface area contributed by atoms with Crippen LogP contribution in [-0.2, 0) is 17.6 Å². The smallest absolute Gasteiger partial charge is 0.471 e. The van der Waals surface area contributed by atoms with Crippen LogP contribution in [0.3, 0.4) is 0 Å². The van der Waals surface area contributed by atoms with Crippen molar-refractivity contribution < 1.29 is 22.7 Å². The number of benzene rings is 1. The van der Waals surface area contributed by atoms with Gasteiger partial charge in [0.15, 0.2) is 0 Å². The van der Waals surface area contributed by atoms with Crippen LogP contribution >= 0.6 is 11.6 Å². The molecular weight excluding hydrogens is 345 g/mol. The molecule has 0 spiro atoms. The lowest BCUT2D eigenvalue weighted by atomic mass is 10.0. The first kappa shape index (κ1) is 18.9. The molecule has 1 aromatic rings. The van der Waals surface area contributed by atoms with E-state index in [0.29, 0.717) is 30.3 Å². The number of nitrogens with zero attached hydrogens (tertiary/aromatic N) is 1. The van der Waals surface area contributed by atoms with E-state index in [1.807, 2.05) is 0 Å². The Hall–Kier alpha value is -1.47. The van der Waals surface area contributed by atoms with Crippen LogP contribution in [-0.4, -0.2) is 43.2 Å². The first-order chi connectivity index (χ1) is 11.3. The van der Waals surface area contributed by atoms with Crippen LogP contribution in [0.1, 0.15) is 24.0 Å². The molecule has 134 valence electrons. The summed E-state index contributed by atoms with van der Waals surface area (Å²) in [6.45, 7) is 1.03. The zero-order valence-electron chi connectivity index (χ0n) is 13.2. The van der Waals surface area contributed by atoms with Gasteiger partial charge in [-0.2, -0.15) is 13.2 Å². The molecule has 8 heteroatoms. The second-order valence-electron chi connectivity index (χ2n) is 5.65. The van der Waals surface area contributed by atoms with Gasteiger partial charge in [0.1, 0.15) is 5.75 Å². The molecule has 0 saturated carbocycles. The number of fused-ring (bicyclic) bond motifs is 1. The van der Waals surface area contributed by atoms with Crippen molar-refractivity contribution in [2.75, 3.05) is 26.2 Å². The lowest BCUT2D eigenvalue weighted by molar-refractivity contribution is -0.185. The van der Waals surface area contributed by atoms with Crippen molar-refractivity contribution in [1.82, 2.24) is 4.90 Å². The van der Waals surface area contributed by atoms with Crippen molar-refractivity contribution in [1.29, 1.82) is 0 Å². The second-order valence-corrected chi connectivity index (χ2v) is 6.06. The van der Waals surface area contributed by atoms with E-state index in [1.165, 1.54) is 0 Å². The normalized spacial score (nSPS) is 15.0. The van der Waals surface area contributed by atoms with Crippen LogP contribution < -0.4 is 10.5 Å². The summed E-state index contributed by atoms with van der Waals surface area (Å²) >= 11 is 6.19. The predicted molar refractivity (Wildman–Crippen MR) is 85.3 cm³/mol. The van der Waals surface area contributed by atoms with E-state index in [0.717, 1.165) is 28.9 Å². The topological polar surface area (TPSA) is 55.6 Å². The number of halogens is 4. The molecule has 1 aromatic carbocycles. The standard InChI is InChI=1S/C16H20ClF3N2O2/c17-13-4-3-11-5-8-22(15(23)16(18,19)20)9-6-12(11)14(13)24-10-2-1-7-21/h3-4H,1-2,5-10,21H2. The summed E-state index contributed by atoms with van der Waals surface area (Å²) in [6, 6.07) is 3.46. The molecule has 1 amide bonds. The van der Waals surface area contributed by atoms with Gasteiger partial charge in [-0.1, -0.05) is 17.7 Å². The Bertz CT molecular complexity index is 593. The second kappa shape index (κ2) is 8.07. The van der Waals surface area contributed by atoms with Gasteiger partial charge in [-0.25, -0.2) is 0 Å². The molecule has 0 saturated heterocycles. The highest BCUT2D eigenvalue weighted by Gasteiger charge is 2.42. The Balaban J connectivity index is 2.14. The van der Waals surface area contributed by atoms with Crippen LogP contribution in [0.25, 0.3) is 0 Å². The lowest BCUT2D eigenvalue weighted by Crippen LogP contribution is -2.42. The minimum atomic E-state index is -4.85. The van der Waals surface area contributed by atoms with Crippen LogP contribution in [0, 0.1) is 0 Å². The highest BCUT2D eigenvalue weighted by atomic mass is 35.5. The molecule has 0 unspecified atom stereocenters.